The van der Waals surface area contributed by atoms with Crippen LogP contribution in [0.15, 0.2) is 30.3 Å². The van der Waals surface area contributed by atoms with E-state index in [0.717, 1.165) is 23.4 Å². The van der Waals surface area contributed by atoms with Gasteiger partial charge in [0.05, 0.1) is 0 Å². The molecule has 0 spiro atoms. The molecular formula is C14H15N3O2. The smallest absolute Gasteiger partial charge is 0.236 e. The number of ether oxygens (including phenoxy) is 1. The number of nitrogens with zero attached hydrogens (tertiary/aromatic N) is 1. The molecule has 3 rings (SSSR count). The number of benzene rings is 1. The van der Waals surface area contributed by atoms with Crippen LogP contribution in [0.1, 0.15) is 24.1 Å². The van der Waals surface area contributed by atoms with Crippen molar-refractivity contribution >= 4 is 11.7 Å². The Hall–Kier alpha value is -2.30. The SMILES string of the molecule is CCc1cc(NC(=O)[C@@H]2COc3ccccc32)n[nH]1. The van der Waals surface area contributed by atoms with Crippen LogP contribution in [0.25, 0.3) is 0 Å². The second-order valence-corrected chi connectivity index (χ2v) is 4.52. The van der Waals surface area contributed by atoms with Crippen LogP contribution in [-0.4, -0.2) is 22.7 Å². The first-order valence-corrected chi connectivity index (χ1v) is 6.35. The third-order valence-electron chi connectivity index (χ3n) is 3.28. The molecule has 0 fully saturated rings. The third kappa shape index (κ3) is 2.19. The van der Waals surface area contributed by atoms with E-state index in [4.69, 9.17) is 4.74 Å². The van der Waals surface area contributed by atoms with E-state index in [9.17, 15) is 4.79 Å². The van der Waals surface area contributed by atoms with Crippen molar-refractivity contribution in [1.29, 1.82) is 0 Å². The van der Waals surface area contributed by atoms with Gasteiger partial charge in [-0.25, -0.2) is 0 Å². The first kappa shape index (κ1) is 11.8. The molecule has 5 nitrogen and oxygen atoms in total. The maximum Gasteiger partial charge on any atom is 0.236 e. The second-order valence-electron chi connectivity index (χ2n) is 4.52. The number of carbonyl (C=O) groups is 1. The summed E-state index contributed by atoms with van der Waals surface area (Å²) in [6.45, 7) is 2.41. The number of amides is 1. The second kappa shape index (κ2) is 4.76. The number of hydrogen-bond donors (Lipinski definition) is 2. The summed E-state index contributed by atoms with van der Waals surface area (Å²) in [4.78, 5) is 12.2. The number of rotatable bonds is 3. The Morgan fingerprint density at radius 3 is 3.16 bits per heavy atom. The van der Waals surface area contributed by atoms with Crippen LogP contribution in [0.2, 0.25) is 0 Å². The number of aromatic amines is 1. The Kier molecular flexibility index (Phi) is 2.95. The average Bonchev–Trinajstić information content (AvgIpc) is 3.04. The fourth-order valence-electron chi connectivity index (χ4n) is 2.20. The van der Waals surface area contributed by atoms with Crippen molar-refractivity contribution in [2.45, 2.75) is 19.3 Å². The van der Waals surface area contributed by atoms with Crippen molar-refractivity contribution in [2.24, 2.45) is 0 Å². The summed E-state index contributed by atoms with van der Waals surface area (Å²) in [5.41, 5.74) is 1.93. The van der Waals surface area contributed by atoms with Gasteiger partial charge in [-0.2, -0.15) is 5.10 Å². The molecule has 0 radical (unpaired) electrons. The van der Waals surface area contributed by atoms with Crippen molar-refractivity contribution in [3.63, 3.8) is 0 Å². The zero-order valence-electron chi connectivity index (χ0n) is 10.6. The van der Waals surface area contributed by atoms with Crippen LogP contribution in [0, 0.1) is 0 Å². The van der Waals surface area contributed by atoms with E-state index in [2.05, 4.69) is 15.5 Å². The Bertz CT molecular complexity index is 606. The lowest BCUT2D eigenvalue weighted by Gasteiger charge is -2.07. The Balaban J connectivity index is 1.75. The van der Waals surface area contributed by atoms with Crippen LogP contribution in [0.3, 0.4) is 0 Å². The van der Waals surface area contributed by atoms with Gasteiger partial charge in [0.2, 0.25) is 5.91 Å². The number of carbonyl (C=O) groups excluding carboxylic acids is 1. The summed E-state index contributed by atoms with van der Waals surface area (Å²) in [5, 5.41) is 9.75. The van der Waals surface area contributed by atoms with Crippen molar-refractivity contribution in [1.82, 2.24) is 10.2 Å². The molecule has 1 amide bonds. The highest BCUT2D eigenvalue weighted by Gasteiger charge is 2.30. The molecule has 0 unspecified atom stereocenters. The summed E-state index contributed by atoms with van der Waals surface area (Å²) in [7, 11) is 0. The molecule has 1 aromatic carbocycles. The zero-order chi connectivity index (χ0) is 13.2. The van der Waals surface area contributed by atoms with Gasteiger partial charge >= 0.3 is 0 Å². The maximum atomic E-state index is 12.2. The molecule has 0 saturated carbocycles. The molecule has 98 valence electrons. The summed E-state index contributed by atoms with van der Waals surface area (Å²) in [6, 6.07) is 9.47. The first-order valence-electron chi connectivity index (χ1n) is 6.35. The monoisotopic (exact) mass is 257 g/mol. The summed E-state index contributed by atoms with van der Waals surface area (Å²) in [5.74, 6) is 1.00. The van der Waals surface area contributed by atoms with Crippen molar-refractivity contribution in [2.75, 3.05) is 11.9 Å². The van der Waals surface area contributed by atoms with E-state index < -0.39 is 0 Å². The molecule has 2 aromatic rings. The molecule has 0 bridgehead atoms. The average molecular weight is 257 g/mol. The summed E-state index contributed by atoms with van der Waals surface area (Å²) >= 11 is 0. The Morgan fingerprint density at radius 2 is 2.37 bits per heavy atom. The predicted octanol–water partition coefficient (Wildman–Crippen LogP) is 2.09. The number of fused-ring (bicyclic) bond motifs is 1. The lowest BCUT2D eigenvalue weighted by molar-refractivity contribution is -0.117. The molecule has 2 N–H and O–H groups in total. The van der Waals surface area contributed by atoms with Gasteiger partial charge in [0.15, 0.2) is 5.82 Å². The molecule has 0 saturated heterocycles. The van der Waals surface area contributed by atoms with Gasteiger partial charge in [-0.1, -0.05) is 25.1 Å². The molecule has 5 heteroatoms. The minimum absolute atomic E-state index is 0.0842. The van der Waals surface area contributed by atoms with Gasteiger partial charge in [-0.05, 0) is 12.5 Å². The molecular weight excluding hydrogens is 242 g/mol. The number of para-hydroxylation sites is 1. The molecule has 19 heavy (non-hydrogen) atoms. The largest absolute Gasteiger partial charge is 0.492 e. The maximum absolute atomic E-state index is 12.2. The molecule has 1 aliphatic rings. The fraction of sp³-hybridized carbons (Fsp3) is 0.286. The van der Waals surface area contributed by atoms with E-state index in [-0.39, 0.29) is 11.8 Å². The van der Waals surface area contributed by atoms with Crippen LogP contribution in [-0.2, 0) is 11.2 Å². The van der Waals surface area contributed by atoms with E-state index in [1.807, 2.05) is 37.3 Å². The van der Waals surface area contributed by atoms with E-state index in [0.29, 0.717) is 12.4 Å². The fourth-order valence-corrected chi connectivity index (χ4v) is 2.20. The van der Waals surface area contributed by atoms with Gasteiger partial charge in [-0.15, -0.1) is 0 Å². The van der Waals surface area contributed by atoms with Gasteiger partial charge in [0, 0.05) is 17.3 Å². The normalized spacial score (nSPS) is 16.8. The minimum Gasteiger partial charge on any atom is -0.492 e. The number of aryl methyl sites for hydroxylation is 1. The minimum atomic E-state index is -0.266. The Morgan fingerprint density at radius 1 is 1.53 bits per heavy atom. The number of hydrogen-bond acceptors (Lipinski definition) is 3. The van der Waals surface area contributed by atoms with E-state index in [1.54, 1.807) is 0 Å². The van der Waals surface area contributed by atoms with Crippen molar-refractivity contribution < 1.29 is 9.53 Å². The number of H-pyrrole nitrogens is 1. The van der Waals surface area contributed by atoms with Gasteiger partial charge in [0.25, 0.3) is 0 Å². The molecule has 1 aromatic heterocycles. The number of anilines is 1. The standard InChI is InChI=1S/C14H15N3O2/c1-2-9-7-13(17-16-9)15-14(18)11-8-19-12-6-4-3-5-10(11)12/h3-7,11H,2,8H2,1H3,(H2,15,16,17,18)/t11-/m1/s1. The highest BCUT2D eigenvalue weighted by Crippen LogP contribution is 2.33. The van der Waals surface area contributed by atoms with Gasteiger partial charge in [-0.3, -0.25) is 9.89 Å². The molecule has 1 atom stereocenters. The zero-order valence-corrected chi connectivity index (χ0v) is 10.6. The van der Waals surface area contributed by atoms with E-state index in [1.165, 1.54) is 0 Å². The quantitative estimate of drug-likeness (QED) is 0.884. The Labute approximate surface area is 111 Å². The van der Waals surface area contributed by atoms with Gasteiger partial charge in [0.1, 0.15) is 18.3 Å². The van der Waals surface area contributed by atoms with Gasteiger partial charge < -0.3 is 10.1 Å². The highest BCUT2D eigenvalue weighted by atomic mass is 16.5. The lowest BCUT2D eigenvalue weighted by Crippen LogP contribution is -2.22. The topological polar surface area (TPSA) is 67.0 Å². The van der Waals surface area contributed by atoms with Crippen LogP contribution in [0.4, 0.5) is 5.82 Å². The van der Waals surface area contributed by atoms with Crippen LogP contribution in [0.5, 0.6) is 5.75 Å². The number of nitrogens with one attached hydrogen (secondary N) is 2. The predicted molar refractivity (Wildman–Crippen MR) is 71.3 cm³/mol. The molecule has 2 heterocycles. The van der Waals surface area contributed by atoms with E-state index >= 15 is 0 Å². The molecule has 1 aliphatic heterocycles. The first-order chi connectivity index (χ1) is 9.28. The highest BCUT2D eigenvalue weighted by molar-refractivity contribution is 5.96. The number of aromatic nitrogens is 2. The third-order valence-corrected chi connectivity index (χ3v) is 3.28. The summed E-state index contributed by atoms with van der Waals surface area (Å²) in [6.07, 6.45) is 0.859. The van der Waals surface area contributed by atoms with Crippen LogP contribution >= 0.6 is 0 Å². The van der Waals surface area contributed by atoms with Crippen molar-refractivity contribution in [3.8, 4) is 5.75 Å². The summed E-state index contributed by atoms with van der Waals surface area (Å²) < 4.78 is 5.51. The lowest BCUT2D eigenvalue weighted by atomic mass is 10.0. The molecule has 0 aliphatic carbocycles. The van der Waals surface area contributed by atoms with Crippen LogP contribution < -0.4 is 10.1 Å². The van der Waals surface area contributed by atoms with Crippen molar-refractivity contribution in [3.05, 3.63) is 41.6 Å².